The zero-order valence-corrected chi connectivity index (χ0v) is 20.4. The van der Waals surface area contributed by atoms with Crippen molar-refractivity contribution in [2.75, 3.05) is 19.0 Å². The maximum Gasteiger partial charge on any atom is 0.263 e. The molecule has 0 radical (unpaired) electrons. The van der Waals surface area contributed by atoms with Gasteiger partial charge in [-0.3, -0.25) is 4.79 Å². The molecule has 5 aromatic rings. The summed E-state index contributed by atoms with van der Waals surface area (Å²) in [5.41, 5.74) is 4.54. The molecule has 3 aromatic heterocycles. The van der Waals surface area contributed by atoms with Crippen LogP contribution in [0.15, 0.2) is 61.1 Å². The summed E-state index contributed by atoms with van der Waals surface area (Å²) in [7, 11) is 1.57. The Morgan fingerprint density at radius 3 is 2.64 bits per heavy atom. The van der Waals surface area contributed by atoms with Crippen molar-refractivity contribution in [3.8, 4) is 23.0 Å². The van der Waals surface area contributed by atoms with Crippen LogP contribution < -0.4 is 14.8 Å². The lowest BCUT2D eigenvalue weighted by atomic mass is 10.1. The Balaban J connectivity index is 1.43. The van der Waals surface area contributed by atoms with E-state index >= 15 is 0 Å². The van der Waals surface area contributed by atoms with Crippen LogP contribution in [0.4, 0.5) is 5.82 Å². The van der Waals surface area contributed by atoms with E-state index in [1.807, 2.05) is 26.0 Å². The first kappa shape index (κ1) is 23.0. The number of methoxy groups -OCH3 is 1. The van der Waals surface area contributed by atoms with E-state index in [1.165, 1.54) is 11.9 Å². The van der Waals surface area contributed by atoms with Crippen molar-refractivity contribution in [3.63, 3.8) is 0 Å². The van der Waals surface area contributed by atoms with E-state index in [-0.39, 0.29) is 12.5 Å². The molecule has 0 spiro atoms. The van der Waals surface area contributed by atoms with Crippen molar-refractivity contribution in [1.82, 2.24) is 29.5 Å². The number of aryl methyl sites for hydroxylation is 3. The van der Waals surface area contributed by atoms with Crippen LogP contribution in [-0.4, -0.2) is 49.2 Å². The number of nitrogens with one attached hydrogen (secondary N) is 1. The average molecular weight is 484 g/mol. The molecular formula is C26H25N7O3. The molecule has 0 unspecified atom stereocenters. The Morgan fingerprint density at radius 1 is 1.00 bits per heavy atom. The first-order chi connectivity index (χ1) is 17.4. The van der Waals surface area contributed by atoms with Crippen LogP contribution >= 0.6 is 0 Å². The summed E-state index contributed by atoms with van der Waals surface area (Å²) in [5, 5.41) is 12.7. The second-order valence-electron chi connectivity index (χ2n) is 8.38. The summed E-state index contributed by atoms with van der Waals surface area (Å²) in [6.45, 7) is 5.75. The zero-order valence-electron chi connectivity index (χ0n) is 20.4. The number of ether oxygens (including phenoxy) is 2. The van der Waals surface area contributed by atoms with E-state index in [9.17, 15) is 4.79 Å². The van der Waals surface area contributed by atoms with Crippen LogP contribution in [0.5, 0.6) is 11.5 Å². The zero-order chi connectivity index (χ0) is 25.2. The van der Waals surface area contributed by atoms with Gasteiger partial charge in [-0.25, -0.2) is 14.6 Å². The molecule has 0 fully saturated rings. The molecule has 1 amide bonds. The molecule has 3 heterocycles. The predicted octanol–water partition coefficient (Wildman–Crippen LogP) is 3.95. The molecule has 0 saturated carbocycles. The Morgan fingerprint density at radius 2 is 1.83 bits per heavy atom. The highest BCUT2D eigenvalue weighted by Crippen LogP contribution is 2.25. The maximum atomic E-state index is 12.7. The van der Waals surface area contributed by atoms with E-state index in [1.54, 1.807) is 53.0 Å². The van der Waals surface area contributed by atoms with Gasteiger partial charge in [0.05, 0.1) is 30.1 Å². The Hall–Kier alpha value is -4.73. The van der Waals surface area contributed by atoms with Gasteiger partial charge in [0.25, 0.3) is 5.91 Å². The van der Waals surface area contributed by atoms with Gasteiger partial charge in [0.15, 0.2) is 18.1 Å². The van der Waals surface area contributed by atoms with Gasteiger partial charge < -0.3 is 14.8 Å². The maximum absolute atomic E-state index is 12.7. The van der Waals surface area contributed by atoms with Crippen molar-refractivity contribution >= 4 is 22.8 Å². The van der Waals surface area contributed by atoms with Gasteiger partial charge in [0.2, 0.25) is 0 Å². The van der Waals surface area contributed by atoms with Gasteiger partial charge in [-0.2, -0.15) is 14.9 Å². The number of fused-ring (bicyclic) bond motifs is 1. The van der Waals surface area contributed by atoms with Gasteiger partial charge >= 0.3 is 0 Å². The molecular weight excluding hydrogens is 458 g/mol. The first-order valence-corrected chi connectivity index (χ1v) is 11.3. The molecule has 5 rings (SSSR count). The Bertz CT molecular complexity index is 1570. The third kappa shape index (κ3) is 4.48. The summed E-state index contributed by atoms with van der Waals surface area (Å²) in [6.07, 6.45) is 3.17. The largest absolute Gasteiger partial charge is 0.497 e. The molecule has 10 heteroatoms. The second kappa shape index (κ2) is 9.49. The number of anilines is 1. The molecule has 10 nitrogen and oxygen atoms in total. The summed E-state index contributed by atoms with van der Waals surface area (Å²) >= 11 is 0. The number of hydrogen-bond donors (Lipinski definition) is 1. The molecule has 1 N–H and O–H groups in total. The van der Waals surface area contributed by atoms with Crippen molar-refractivity contribution in [3.05, 3.63) is 77.9 Å². The number of carbonyl (C=O) groups is 1. The van der Waals surface area contributed by atoms with Crippen LogP contribution in [0.25, 0.3) is 22.5 Å². The first-order valence-electron chi connectivity index (χ1n) is 11.3. The summed E-state index contributed by atoms with van der Waals surface area (Å²) < 4.78 is 14.2. The normalized spacial score (nSPS) is 11.0. The number of nitrogens with zero attached hydrogens (tertiary/aromatic N) is 6. The molecule has 36 heavy (non-hydrogen) atoms. The minimum atomic E-state index is -0.338. The number of carbonyl (C=O) groups excluding carboxylic acids is 1. The average Bonchev–Trinajstić information content (AvgIpc) is 3.46. The minimum absolute atomic E-state index is 0.179. The number of hydrogen-bond acceptors (Lipinski definition) is 7. The fourth-order valence-corrected chi connectivity index (χ4v) is 3.99. The van der Waals surface area contributed by atoms with Gasteiger partial charge in [-0.1, -0.05) is 23.8 Å². The summed E-state index contributed by atoms with van der Waals surface area (Å²) in [4.78, 5) is 21.6. The monoisotopic (exact) mass is 483 g/mol. The quantitative estimate of drug-likeness (QED) is 0.373. The fraction of sp³-hybridized carbons (Fsp3) is 0.192. The summed E-state index contributed by atoms with van der Waals surface area (Å²) in [5.74, 6) is 1.82. The SMILES string of the molecule is COc1cccc(OCC(=O)Nc2cc(C)nn2-c2ncnc3c2cnn3-c2ccc(C)cc2C)c1. The molecule has 0 saturated heterocycles. The summed E-state index contributed by atoms with van der Waals surface area (Å²) in [6, 6.07) is 15.0. The number of amides is 1. The van der Waals surface area contributed by atoms with E-state index in [0.29, 0.717) is 39.9 Å². The fourth-order valence-electron chi connectivity index (χ4n) is 3.99. The van der Waals surface area contributed by atoms with E-state index in [2.05, 4.69) is 38.5 Å². The van der Waals surface area contributed by atoms with E-state index in [4.69, 9.17) is 9.47 Å². The van der Waals surface area contributed by atoms with E-state index in [0.717, 1.165) is 11.3 Å². The van der Waals surface area contributed by atoms with E-state index < -0.39 is 0 Å². The van der Waals surface area contributed by atoms with Crippen LogP contribution in [0.3, 0.4) is 0 Å². The molecule has 0 aliphatic carbocycles. The predicted molar refractivity (Wildman–Crippen MR) is 135 cm³/mol. The minimum Gasteiger partial charge on any atom is -0.497 e. The van der Waals surface area contributed by atoms with Gasteiger partial charge in [-0.15, -0.1) is 0 Å². The molecule has 182 valence electrons. The Kier molecular flexibility index (Phi) is 6.07. The lowest BCUT2D eigenvalue weighted by Gasteiger charge is -2.11. The second-order valence-corrected chi connectivity index (χ2v) is 8.38. The van der Waals surface area contributed by atoms with Crippen LogP contribution in [-0.2, 0) is 4.79 Å². The van der Waals surface area contributed by atoms with Crippen molar-refractivity contribution in [1.29, 1.82) is 0 Å². The highest BCUT2D eigenvalue weighted by Gasteiger charge is 2.18. The van der Waals surface area contributed by atoms with Crippen LogP contribution in [0.2, 0.25) is 0 Å². The van der Waals surface area contributed by atoms with Crippen molar-refractivity contribution in [2.45, 2.75) is 20.8 Å². The lowest BCUT2D eigenvalue weighted by Crippen LogP contribution is -2.22. The third-order valence-corrected chi connectivity index (χ3v) is 5.64. The highest BCUT2D eigenvalue weighted by molar-refractivity contribution is 5.92. The number of benzene rings is 2. The molecule has 2 aromatic carbocycles. The smallest absolute Gasteiger partial charge is 0.263 e. The van der Waals surface area contributed by atoms with Crippen LogP contribution in [0.1, 0.15) is 16.8 Å². The molecule has 0 aliphatic rings. The lowest BCUT2D eigenvalue weighted by molar-refractivity contribution is -0.118. The third-order valence-electron chi connectivity index (χ3n) is 5.64. The van der Waals surface area contributed by atoms with Gasteiger partial charge in [0.1, 0.15) is 23.6 Å². The van der Waals surface area contributed by atoms with Crippen LogP contribution in [0, 0.1) is 20.8 Å². The Labute approximate surface area is 207 Å². The van der Waals surface area contributed by atoms with Crippen molar-refractivity contribution < 1.29 is 14.3 Å². The molecule has 0 aliphatic heterocycles. The number of rotatable bonds is 7. The highest BCUT2D eigenvalue weighted by atomic mass is 16.5. The van der Waals surface area contributed by atoms with Gasteiger partial charge in [-0.05, 0) is 44.5 Å². The number of aromatic nitrogens is 6. The van der Waals surface area contributed by atoms with Crippen molar-refractivity contribution in [2.24, 2.45) is 0 Å². The molecule has 0 bridgehead atoms. The topological polar surface area (TPSA) is 109 Å². The molecule has 0 atom stereocenters. The standard InChI is InChI=1S/C26H25N7O3/c1-16-8-9-22(17(2)10-16)32-25-21(13-29-32)26(28-15-27-25)33-23(11-18(3)31-33)30-24(34)14-36-20-7-5-6-19(12-20)35-4/h5-13,15H,14H2,1-4H3,(H,30,34). The van der Waals surface area contributed by atoms with Gasteiger partial charge in [0, 0.05) is 12.1 Å².